The fourth-order valence-electron chi connectivity index (χ4n) is 6.99. The third kappa shape index (κ3) is 3.34. The number of rotatable bonds is 3. The Kier molecular flexibility index (Phi) is 5.09. The van der Waals surface area contributed by atoms with Gasteiger partial charge in [-0.2, -0.15) is 0 Å². The molecule has 7 aromatic carbocycles. The summed E-state index contributed by atoms with van der Waals surface area (Å²) in [5.41, 5.74) is 15.7. The van der Waals surface area contributed by atoms with Crippen LogP contribution in [-0.4, -0.2) is 7.85 Å². The van der Waals surface area contributed by atoms with Crippen LogP contribution in [0.3, 0.4) is 0 Å². The van der Waals surface area contributed by atoms with Gasteiger partial charge in [0.25, 0.3) is 0 Å². The number of fused-ring (bicyclic) bond motifs is 4. The molecule has 1 heteroatoms. The van der Waals surface area contributed by atoms with Crippen molar-refractivity contribution < 1.29 is 0 Å². The van der Waals surface area contributed by atoms with Gasteiger partial charge in [-0.1, -0.05) is 144 Å². The van der Waals surface area contributed by atoms with Crippen LogP contribution in [0.15, 0.2) is 133 Å². The molecule has 0 atom stereocenters. The summed E-state index contributed by atoms with van der Waals surface area (Å²) < 4.78 is 0. The van der Waals surface area contributed by atoms with Crippen LogP contribution in [0.1, 0.15) is 5.56 Å². The van der Waals surface area contributed by atoms with Gasteiger partial charge >= 0.3 is 0 Å². The van der Waals surface area contributed by atoms with E-state index in [1.807, 2.05) is 0 Å². The minimum absolute atomic E-state index is 1.26. The number of aryl methyl sites for hydroxylation is 1. The van der Waals surface area contributed by atoms with E-state index in [2.05, 4.69) is 148 Å². The zero-order valence-corrected chi connectivity index (χ0v) is 22.7. The van der Waals surface area contributed by atoms with Crippen molar-refractivity contribution in [1.82, 2.24) is 0 Å². The van der Waals surface area contributed by atoms with Crippen LogP contribution in [0, 0.1) is 6.92 Å². The van der Waals surface area contributed by atoms with E-state index in [1.54, 1.807) is 0 Å². The highest BCUT2D eigenvalue weighted by Gasteiger charge is 2.31. The average molecular weight is 506 g/mol. The standard InChI is InChI=1S/C39H27B/c1-24-21-27(23-28(40)22-24)29-19-20-34-37-30(29)17-10-18-33(37)38-35(25-11-4-2-5-12-25)31-15-8-9-16-32(31)36(39(34)38)26-13-6-3-7-14-26/h2-23H,40H2,1H3. The summed E-state index contributed by atoms with van der Waals surface area (Å²) in [6, 6.07) is 49.3. The lowest BCUT2D eigenvalue weighted by Gasteiger charge is -2.20. The van der Waals surface area contributed by atoms with Crippen LogP contribution in [0.25, 0.3) is 77.2 Å². The molecule has 186 valence electrons. The molecule has 0 fully saturated rings. The molecule has 8 rings (SSSR count). The summed E-state index contributed by atoms with van der Waals surface area (Å²) in [5, 5.41) is 5.27. The maximum atomic E-state index is 2.38. The summed E-state index contributed by atoms with van der Waals surface area (Å²) in [6.07, 6.45) is 0. The predicted octanol–water partition coefficient (Wildman–Crippen LogP) is 9.21. The Hall–Kier alpha value is -4.88. The van der Waals surface area contributed by atoms with E-state index in [1.165, 1.54) is 88.2 Å². The Morgan fingerprint density at radius 3 is 1.52 bits per heavy atom. The Morgan fingerprint density at radius 2 is 0.925 bits per heavy atom. The zero-order valence-electron chi connectivity index (χ0n) is 22.7. The zero-order chi connectivity index (χ0) is 26.8. The SMILES string of the molecule is Bc1cc(C)cc(-c2ccc3c4c(cccc24)-c2c-3c(-c3ccccc3)c3ccccc3c2-c2ccccc2)c1. The molecule has 0 nitrogen and oxygen atoms in total. The highest BCUT2D eigenvalue weighted by molar-refractivity contribution is 6.33. The van der Waals surface area contributed by atoms with Crippen molar-refractivity contribution in [1.29, 1.82) is 0 Å². The Bertz CT molecular complexity index is 1990. The van der Waals surface area contributed by atoms with Gasteiger partial charge in [0.1, 0.15) is 7.85 Å². The van der Waals surface area contributed by atoms with Crippen LogP contribution >= 0.6 is 0 Å². The van der Waals surface area contributed by atoms with Crippen molar-refractivity contribution in [2.45, 2.75) is 6.92 Å². The number of hydrogen-bond donors (Lipinski definition) is 0. The largest absolute Gasteiger partial charge is 0.139 e. The first-order valence-electron chi connectivity index (χ1n) is 14.0. The molecule has 0 saturated carbocycles. The lowest BCUT2D eigenvalue weighted by molar-refractivity contribution is 1.49. The number of hydrogen-bond acceptors (Lipinski definition) is 0. The van der Waals surface area contributed by atoms with E-state index in [0.29, 0.717) is 0 Å². The lowest BCUT2D eigenvalue weighted by atomic mass is 9.82. The molecule has 0 heterocycles. The summed E-state index contributed by atoms with van der Waals surface area (Å²) in [4.78, 5) is 0. The highest BCUT2D eigenvalue weighted by Crippen LogP contribution is 2.58. The van der Waals surface area contributed by atoms with E-state index in [4.69, 9.17) is 0 Å². The summed E-state index contributed by atoms with van der Waals surface area (Å²) in [5.74, 6) is 0. The predicted molar refractivity (Wildman–Crippen MR) is 175 cm³/mol. The molecule has 0 unspecified atom stereocenters. The molecule has 40 heavy (non-hydrogen) atoms. The molecule has 0 N–H and O–H groups in total. The summed E-state index contributed by atoms with van der Waals surface area (Å²) >= 11 is 0. The van der Waals surface area contributed by atoms with E-state index in [9.17, 15) is 0 Å². The normalized spacial score (nSPS) is 11.7. The van der Waals surface area contributed by atoms with Crippen molar-refractivity contribution in [3.63, 3.8) is 0 Å². The van der Waals surface area contributed by atoms with Gasteiger partial charge in [0.15, 0.2) is 0 Å². The van der Waals surface area contributed by atoms with Crippen LogP contribution in [-0.2, 0) is 0 Å². The molecule has 0 spiro atoms. The Labute approximate surface area is 236 Å². The maximum absolute atomic E-state index is 2.38. The van der Waals surface area contributed by atoms with Gasteiger partial charge in [-0.3, -0.25) is 0 Å². The lowest BCUT2D eigenvalue weighted by Crippen LogP contribution is -2.02. The molecule has 0 saturated heterocycles. The van der Waals surface area contributed by atoms with Crippen LogP contribution in [0.4, 0.5) is 0 Å². The first-order valence-corrected chi connectivity index (χ1v) is 14.0. The maximum Gasteiger partial charge on any atom is 0.139 e. The molecule has 0 aliphatic heterocycles. The second kappa shape index (κ2) is 8.83. The van der Waals surface area contributed by atoms with Crippen molar-refractivity contribution in [3.05, 3.63) is 139 Å². The number of benzene rings is 7. The van der Waals surface area contributed by atoms with Gasteiger partial charge in [-0.15, -0.1) is 0 Å². The van der Waals surface area contributed by atoms with Crippen LogP contribution in [0.5, 0.6) is 0 Å². The molecule has 1 aliphatic carbocycles. The topological polar surface area (TPSA) is 0 Å². The smallest absolute Gasteiger partial charge is 0.0881 e. The molecular weight excluding hydrogens is 479 g/mol. The fourth-order valence-corrected chi connectivity index (χ4v) is 6.99. The minimum atomic E-state index is 1.26. The van der Waals surface area contributed by atoms with Crippen molar-refractivity contribution >= 4 is 34.9 Å². The second-order valence-electron chi connectivity index (χ2n) is 11.0. The van der Waals surface area contributed by atoms with Crippen molar-refractivity contribution in [2.24, 2.45) is 0 Å². The van der Waals surface area contributed by atoms with Crippen molar-refractivity contribution in [2.75, 3.05) is 0 Å². The van der Waals surface area contributed by atoms with E-state index >= 15 is 0 Å². The molecule has 0 radical (unpaired) electrons. The molecule has 0 bridgehead atoms. The monoisotopic (exact) mass is 506 g/mol. The summed E-state index contributed by atoms with van der Waals surface area (Å²) in [6.45, 7) is 2.19. The van der Waals surface area contributed by atoms with Gasteiger partial charge in [-0.05, 0) is 84.1 Å². The molecular formula is C39H27B. The third-order valence-electron chi connectivity index (χ3n) is 8.45. The van der Waals surface area contributed by atoms with Crippen LogP contribution < -0.4 is 5.46 Å². The first-order chi connectivity index (χ1) is 19.7. The Balaban J connectivity index is 1.57. The van der Waals surface area contributed by atoms with Crippen molar-refractivity contribution in [3.8, 4) is 55.6 Å². The van der Waals surface area contributed by atoms with Gasteiger partial charge in [0.2, 0.25) is 0 Å². The fraction of sp³-hybridized carbons (Fsp3) is 0.0256. The van der Waals surface area contributed by atoms with Gasteiger partial charge in [0.05, 0.1) is 0 Å². The average Bonchev–Trinajstić information content (AvgIpc) is 3.31. The third-order valence-corrected chi connectivity index (χ3v) is 8.45. The molecule has 0 aromatic heterocycles. The van der Waals surface area contributed by atoms with Gasteiger partial charge < -0.3 is 0 Å². The quantitative estimate of drug-likeness (QED) is 0.210. The molecule has 1 aliphatic rings. The van der Waals surface area contributed by atoms with E-state index < -0.39 is 0 Å². The van der Waals surface area contributed by atoms with Gasteiger partial charge in [-0.25, -0.2) is 0 Å². The molecule has 0 amide bonds. The van der Waals surface area contributed by atoms with E-state index in [-0.39, 0.29) is 0 Å². The first kappa shape index (κ1) is 23.1. The highest BCUT2D eigenvalue weighted by atomic mass is 14.3. The molecule has 7 aromatic rings. The van der Waals surface area contributed by atoms with Crippen LogP contribution in [0.2, 0.25) is 0 Å². The van der Waals surface area contributed by atoms with E-state index in [0.717, 1.165) is 0 Å². The minimum Gasteiger partial charge on any atom is -0.0881 e. The van der Waals surface area contributed by atoms with Gasteiger partial charge in [0, 0.05) is 0 Å². The Morgan fingerprint density at radius 1 is 0.400 bits per heavy atom. The second-order valence-corrected chi connectivity index (χ2v) is 11.0. The summed E-state index contributed by atoms with van der Waals surface area (Å²) in [7, 11) is 2.19.